The van der Waals surface area contributed by atoms with Gasteiger partial charge in [-0.15, -0.1) is 0 Å². The van der Waals surface area contributed by atoms with Crippen LogP contribution in [-0.4, -0.2) is 31.2 Å². The molecule has 0 aromatic heterocycles. The number of carbonyl (C=O) groups is 1. The molecule has 0 heterocycles. The summed E-state index contributed by atoms with van der Waals surface area (Å²) in [5, 5.41) is 6.30. The normalized spacial score (nSPS) is 12.6. The number of benzene rings is 1. The van der Waals surface area contributed by atoms with Gasteiger partial charge in [-0.2, -0.15) is 0 Å². The maximum absolute atomic E-state index is 11.8. The predicted molar refractivity (Wildman–Crippen MR) is 93.0 cm³/mol. The van der Waals surface area contributed by atoms with E-state index in [4.69, 9.17) is 9.47 Å². The number of amides is 1. The van der Waals surface area contributed by atoms with E-state index >= 15 is 0 Å². The largest absolute Gasteiger partial charge is 0.493 e. The van der Waals surface area contributed by atoms with Crippen LogP contribution >= 0.6 is 0 Å². The fraction of sp³-hybridized carbons (Fsp3) is 0.611. The van der Waals surface area contributed by atoms with E-state index in [1.165, 1.54) is 0 Å². The average Bonchev–Trinajstić information content (AvgIpc) is 2.49. The fourth-order valence-corrected chi connectivity index (χ4v) is 1.98. The third kappa shape index (κ3) is 7.37. The van der Waals surface area contributed by atoms with Crippen LogP contribution in [0.4, 0.5) is 0 Å². The van der Waals surface area contributed by atoms with Crippen molar-refractivity contribution in [2.45, 2.75) is 59.2 Å². The Morgan fingerprint density at radius 3 is 2.52 bits per heavy atom. The van der Waals surface area contributed by atoms with Crippen LogP contribution in [-0.2, 0) is 11.3 Å². The zero-order valence-corrected chi connectivity index (χ0v) is 15.2. The summed E-state index contributed by atoms with van der Waals surface area (Å²) >= 11 is 0. The van der Waals surface area contributed by atoms with Crippen molar-refractivity contribution in [3.63, 3.8) is 0 Å². The molecule has 1 amide bonds. The SMILES string of the molecule is CC[C@H](C)NCc1ccc(OCC(=O)NC(C)(C)C)c(OC)c1. The van der Waals surface area contributed by atoms with Crippen LogP contribution in [0.1, 0.15) is 46.6 Å². The molecule has 0 aliphatic carbocycles. The molecule has 0 saturated heterocycles. The van der Waals surface area contributed by atoms with Gasteiger partial charge in [-0.05, 0) is 51.8 Å². The highest BCUT2D eigenvalue weighted by atomic mass is 16.5. The van der Waals surface area contributed by atoms with Gasteiger partial charge in [0.1, 0.15) is 0 Å². The van der Waals surface area contributed by atoms with E-state index in [0.29, 0.717) is 17.5 Å². The van der Waals surface area contributed by atoms with Crippen molar-refractivity contribution < 1.29 is 14.3 Å². The van der Waals surface area contributed by atoms with E-state index in [1.54, 1.807) is 7.11 Å². The Morgan fingerprint density at radius 1 is 1.26 bits per heavy atom. The molecule has 2 N–H and O–H groups in total. The minimum Gasteiger partial charge on any atom is -0.493 e. The zero-order valence-electron chi connectivity index (χ0n) is 15.2. The molecule has 0 unspecified atom stereocenters. The predicted octanol–water partition coefficient (Wildman–Crippen LogP) is 2.88. The van der Waals surface area contributed by atoms with E-state index in [2.05, 4.69) is 24.5 Å². The van der Waals surface area contributed by atoms with Crippen molar-refractivity contribution in [3.05, 3.63) is 23.8 Å². The van der Waals surface area contributed by atoms with Gasteiger partial charge < -0.3 is 20.1 Å². The zero-order chi connectivity index (χ0) is 17.5. The standard InChI is InChI=1S/C18H30N2O3/c1-7-13(2)19-11-14-8-9-15(16(10-14)22-6)23-12-17(21)20-18(3,4)5/h8-10,13,19H,7,11-12H2,1-6H3,(H,20,21)/t13-/m0/s1. The number of nitrogens with one attached hydrogen (secondary N) is 2. The second-order valence-corrected chi connectivity index (χ2v) is 6.76. The monoisotopic (exact) mass is 322 g/mol. The second-order valence-electron chi connectivity index (χ2n) is 6.76. The van der Waals surface area contributed by atoms with Gasteiger partial charge in [0, 0.05) is 18.1 Å². The number of hydrogen-bond donors (Lipinski definition) is 2. The van der Waals surface area contributed by atoms with E-state index in [9.17, 15) is 4.79 Å². The number of rotatable bonds is 8. The molecule has 0 spiro atoms. The lowest BCUT2D eigenvalue weighted by atomic mass is 10.1. The molecule has 130 valence electrons. The Hall–Kier alpha value is -1.75. The van der Waals surface area contributed by atoms with E-state index in [-0.39, 0.29) is 18.1 Å². The Kier molecular flexibility index (Phi) is 7.36. The number of carbonyl (C=O) groups excluding carboxylic acids is 1. The summed E-state index contributed by atoms with van der Waals surface area (Å²) in [6.07, 6.45) is 1.08. The molecule has 0 fully saturated rings. The van der Waals surface area contributed by atoms with Crippen molar-refractivity contribution in [2.24, 2.45) is 0 Å². The minimum absolute atomic E-state index is 0.0297. The summed E-state index contributed by atoms with van der Waals surface area (Å²) in [4.78, 5) is 11.8. The van der Waals surface area contributed by atoms with Crippen molar-refractivity contribution in [3.8, 4) is 11.5 Å². The van der Waals surface area contributed by atoms with Gasteiger partial charge in [0.2, 0.25) is 0 Å². The first kappa shape index (κ1) is 19.3. The lowest BCUT2D eigenvalue weighted by Gasteiger charge is -2.20. The lowest BCUT2D eigenvalue weighted by Crippen LogP contribution is -2.43. The third-order valence-electron chi connectivity index (χ3n) is 3.37. The topological polar surface area (TPSA) is 59.6 Å². The average molecular weight is 322 g/mol. The van der Waals surface area contributed by atoms with Crippen LogP contribution in [0.5, 0.6) is 11.5 Å². The van der Waals surface area contributed by atoms with Gasteiger partial charge in [-0.3, -0.25) is 4.79 Å². The van der Waals surface area contributed by atoms with Gasteiger partial charge in [0.25, 0.3) is 5.91 Å². The Bertz CT molecular complexity index is 509. The summed E-state index contributed by atoms with van der Waals surface area (Å²) in [6, 6.07) is 6.23. The molecule has 1 atom stereocenters. The molecular formula is C18H30N2O3. The van der Waals surface area contributed by atoms with Crippen LogP contribution in [0.25, 0.3) is 0 Å². The van der Waals surface area contributed by atoms with Gasteiger partial charge in [0.15, 0.2) is 18.1 Å². The molecular weight excluding hydrogens is 292 g/mol. The number of methoxy groups -OCH3 is 1. The molecule has 0 aliphatic heterocycles. The maximum atomic E-state index is 11.8. The van der Waals surface area contributed by atoms with Crippen LogP contribution in [0.2, 0.25) is 0 Å². The summed E-state index contributed by atoms with van der Waals surface area (Å²) in [5.74, 6) is 1.06. The first-order valence-corrected chi connectivity index (χ1v) is 8.09. The van der Waals surface area contributed by atoms with Gasteiger partial charge >= 0.3 is 0 Å². The lowest BCUT2D eigenvalue weighted by molar-refractivity contribution is -0.124. The van der Waals surface area contributed by atoms with E-state index < -0.39 is 0 Å². The maximum Gasteiger partial charge on any atom is 0.258 e. The summed E-state index contributed by atoms with van der Waals surface area (Å²) in [7, 11) is 1.60. The van der Waals surface area contributed by atoms with Crippen molar-refractivity contribution in [1.29, 1.82) is 0 Å². The molecule has 1 aromatic rings. The molecule has 1 aromatic carbocycles. The highest BCUT2D eigenvalue weighted by Gasteiger charge is 2.15. The molecule has 0 radical (unpaired) electrons. The quantitative estimate of drug-likeness (QED) is 0.772. The summed E-state index contributed by atoms with van der Waals surface area (Å²) in [6.45, 7) is 10.9. The first-order valence-electron chi connectivity index (χ1n) is 8.09. The van der Waals surface area contributed by atoms with Gasteiger partial charge in [0.05, 0.1) is 7.11 Å². The van der Waals surface area contributed by atoms with E-state index in [0.717, 1.165) is 18.5 Å². The molecule has 0 aliphatic rings. The third-order valence-corrected chi connectivity index (χ3v) is 3.37. The Balaban J connectivity index is 2.64. The van der Waals surface area contributed by atoms with Crippen molar-refractivity contribution >= 4 is 5.91 Å². The van der Waals surface area contributed by atoms with Crippen LogP contribution < -0.4 is 20.1 Å². The molecule has 23 heavy (non-hydrogen) atoms. The number of hydrogen-bond acceptors (Lipinski definition) is 4. The van der Waals surface area contributed by atoms with E-state index in [1.807, 2.05) is 39.0 Å². The summed E-state index contributed by atoms with van der Waals surface area (Å²) in [5.41, 5.74) is 0.851. The fourth-order valence-electron chi connectivity index (χ4n) is 1.98. The summed E-state index contributed by atoms with van der Waals surface area (Å²) < 4.78 is 10.9. The molecule has 1 rings (SSSR count). The highest BCUT2D eigenvalue weighted by molar-refractivity contribution is 5.78. The van der Waals surface area contributed by atoms with Crippen molar-refractivity contribution in [1.82, 2.24) is 10.6 Å². The van der Waals surface area contributed by atoms with Gasteiger partial charge in [-0.25, -0.2) is 0 Å². The molecule has 0 bridgehead atoms. The molecule has 0 saturated carbocycles. The highest BCUT2D eigenvalue weighted by Crippen LogP contribution is 2.28. The first-order chi connectivity index (χ1) is 10.7. The molecule has 5 nitrogen and oxygen atoms in total. The van der Waals surface area contributed by atoms with Gasteiger partial charge in [-0.1, -0.05) is 13.0 Å². The number of ether oxygens (including phenoxy) is 2. The Labute approximate surface area is 139 Å². The van der Waals surface area contributed by atoms with Crippen molar-refractivity contribution in [2.75, 3.05) is 13.7 Å². The smallest absolute Gasteiger partial charge is 0.258 e. The minimum atomic E-state index is -0.268. The van der Waals surface area contributed by atoms with Crippen LogP contribution in [0.15, 0.2) is 18.2 Å². The Morgan fingerprint density at radius 2 is 1.96 bits per heavy atom. The van der Waals surface area contributed by atoms with Crippen LogP contribution in [0, 0.1) is 0 Å². The second kappa shape index (κ2) is 8.77. The van der Waals surface area contributed by atoms with Crippen LogP contribution in [0.3, 0.4) is 0 Å². The molecule has 5 heteroatoms.